The highest BCUT2D eigenvalue weighted by Gasteiger charge is 2.50. The van der Waals surface area contributed by atoms with Gasteiger partial charge in [-0.05, 0) is 43.4 Å². The topological polar surface area (TPSA) is 86.7 Å². The molecule has 2 aromatic carbocycles. The Labute approximate surface area is 178 Å². The molecular formula is C23H28N2O4S. The smallest absolute Gasteiger partial charge is 0.243 e. The Bertz CT molecular complexity index is 975. The minimum atomic E-state index is -3.73. The monoisotopic (exact) mass is 428 g/mol. The quantitative estimate of drug-likeness (QED) is 0.710. The summed E-state index contributed by atoms with van der Waals surface area (Å²) in [6, 6.07) is 17.0. The van der Waals surface area contributed by atoms with Crippen molar-refractivity contribution in [3.05, 3.63) is 66.2 Å². The van der Waals surface area contributed by atoms with Crippen LogP contribution in [0.2, 0.25) is 0 Å². The van der Waals surface area contributed by atoms with Crippen LogP contribution in [0.1, 0.15) is 43.8 Å². The lowest BCUT2D eigenvalue weighted by Crippen LogP contribution is -2.52. The zero-order valence-corrected chi connectivity index (χ0v) is 17.7. The first-order valence-corrected chi connectivity index (χ1v) is 12.0. The second kappa shape index (κ2) is 8.49. The largest absolute Gasteiger partial charge is 0.388 e. The molecule has 1 heterocycles. The van der Waals surface area contributed by atoms with Gasteiger partial charge in [0.05, 0.1) is 11.0 Å². The predicted octanol–water partition coefficient (Wildman–Crippen LogP) is 2.86. The third kappa shape index (κ3) is 4.15. The van der Waals surface area contributed by atoms with Gasteiger partial charge in [-0.1, -0.05) is 55.0 Å². The molecule has 0 radical (unpaired) electrons. The second-order valence-electron chi connectivity index (χ2n) is 8.33. The number of benzene rings is 2. The summed E-state index contributed by atoms with van der Waals surface area (Å²) in [6.45, 7) is 0.685. The lowest BCUT2D eigenvalue weighted by Gasteiger charge is -2.34. The molecule has 2 aliphatic rings. The Balaban J connectivity index is 1.46. The van der Waals surface area contributed by atoms with Gasteiger partial charge in [0, 0.05) is 18.5 Å². The molecule has 160 valence electrons. The van der Waals surface area contributed by atoms with Gasteiger partial charge in [-0.15, -0.1) is 0 Å². The molecule has 0 spiro atoms. The third-order valence-electron chi connectivity index (χ3n) is 6.31. The second-order valence-corrected chi connectivity index (χ2v) is 10.2. The van der Waals surface area contributed by atoms with Gasteiger partial charge in [-0.3, -0.25) is 4.79 Å². The summed E-state index contributed by atoms with van der Waals surface area (Å²) < 4.78 is 27.6. The summed E-state index contributed by atoms with van der Waals surface area (Å²) in [5.74, 6) is -0.277. The number of aliphatic hydroxyl groups is 1. The normalized spacial score (nSPS) is 22.2. The van der Waals surface area contributed by atoms with E-state index >= 15 is 0 Å². The Morgan fingerprint density at radius 1 is 1.07 bits per heavy atom. The molecule has 1 aliphatic carbocycles. The summed E-state index contributed by atoms with van der Waals surface area (Å²) in [5.41, 5.74) is 0.477. The van der Waals surface area contributed by atoms with E-state index in [4.69, 9.17) is 0 Å². The van der Waals surface area contributed by atoms with Crippen LogP contribution in [0.3, 0.4) is 0 Å². The van der Waals surface area contributed by atoms with Gasteiger partial charge < -0.3 is 10.4 Å². The van der Waals surface area contributed by atoms with E-state index in [0.29, 0.717) is 19.5 Å². The summed E-state index contributed by atoms with van der Waals surface area (Å²) in [4.78, 5) is 13.2. The van der Waals surface area contributed by atoms with Crippen molar-refractivity contribution in [2.24, 2.45) is 5.41 Å². The van der Waals surface area contributed by atoms with Crippen LogP contribution in [0.15, 0.2) is 65.6 Å². The maximum absolute atomic E-state index is 13.1. The first kappa shape index (κ1) is 21.0. The molecule has 1 saturated heterocycles. The molecule has 6 nitrogen and oxygen atoms in total. The van der Waals surface area contributed by atoms with Crippen LogP contribution >= 0.6 is 0 Å². The summed E-state index contributed by atoms with van der Waals surface area (Å²) in [5, 5.41) is 13.8. The van der Waals surface area contributed by atoms with E-state index < -0.39 is 22.2 Å². The number of nitrogens with one attached hydrogen (secondary N) is 1. The molecule has 2 N–H and O–H groups in total. The SMILES string of the molecule is O=C(NCC1([C@@H](O)c2ccccc2)CC1)[C@@H]1CCCCN1S(=O)(=O)c1ccccc1. The Hall–Kier alpha value is -2.22. The molecule has 1 aliphatic heterocycles. The van der Waals surface area contributed by atoms with Crippen LogP contribution in [0.25, 0.3) is 0 Å². The lowest BCUT2D eigenvalue weighted by atomic mass is 9.92. The number of carbonyl (C=O) groups excluding carboxylic acids is 1. The van der Waals surface area contributed by atoms with Crippen LogP contribution < -0.4 is 5.32 Å². The van der Waals surface area contributed by atoms with Gasteiger partial charge >= 0.3 is 0 Å². The Morgan fingerprint density at radius 2 is 1.70 bits per heavy atom. The molecule has 1 saturated carbocycles. The molecule has 2 aromatic rings. The standard InChI is InChI=1S/C23H28N2O4S/c26-21(18-9-3-1-4-10-18)23(14-15-23)17-24-22(27)20-13-7-8-16-25(20)30(28,29)19-11-5-2-6-12-19/h1-6,9-12,20-21,26H,7-8,13-17H2,(H,24,27)/t20-,21-/m0/s1. The molecule has 0 aromatic heterocycles. The van der Waals surface area contributed by atoms with Gasteiger partial charge in [0.2, 0.25) is 15.9 Å². The molecule has 0 unspecified atom stereocenters. The van der Waals surface area contributed by atoms with E-state index in [1.165, 1.54) is 4.31 Å². The summed E-state index contributed by atoms with van der Waals surface area (Å²) in [7, 11) is -3.73. The molecule has 2 atom stereocenters. The molecule has 2 fully saturated rings. The number of carbonyl (C=O) groups is 1. The number of nitrogens with zero attached hydrogens (tertiary/aromatic N) is 1. The fraction of sp³-hybridized carbons (Fsp3) is 0.435. The van der Waals surface area contributed by atoms with Gasteiger partial charge in [0.25, 0.3) is 0 Å². The van der Waals surface area contributed by atoms with Gasteiger partial charge in [-0.2, -0.15) is 4.31 Å². The van der Waals surface area contributed by atoms with Crippen molar-refractivity contribution in [1.82, 2.24) is 9.62 Å². The number of rotatable bonds is 7. The number of hydrogen-bond donors (Lipinski definition) is 2. The van der Waals surface area contributed by atoms with Crippen LogP contribution in [-0.2, 0) is 14.8 Å². The maximum atomic E-state index is 13.1. The van der Waals surface area contributed by atoms with Crippen LogP contribution in [-0.4, -0.2) is 42.9 Å². The van der Waals surface area contributed by atoms with E-state index in [9.17, 15) is 18.3 Å². The van der Waals surface area contributed by atoms with E-state index in [1.54, 1.807) is 30.3 Å². The van der Waals surface area contributed by atoms with Crippen molar-refractivity contribution in [2.45, 2.75) is 49.1 Å². The van der Waals surface area contributed by atoms with Crippen molar-refractivity contribution in [2.75, 3.05) is 13.1 Å². The lowest BCUT2D eigenvalue weighted by molar-refractivity contribution is -0.126. The fourth-order valence-electron chi connectivity index (χ4n) is 4.26. The molecular weight excluding hydrogens is 400 g/mol. The first-order valence-electron chi connectivity index (χ1n) is 10.5. The molecule has 1 amide bonds. The van der Waals surface area contributed by atoms with E-state index in [-0.39, 0.29) is 16.2 Å². The summed E-state index contributed by atoms with van der Waals surface area (Å²) >= 11 is 0. The van der Waals surface area contributed by atoms with Crippen LogP contribution in [0.5, 0.6) is 0 Å². The van der Waals surface area contributed by atoms with Crippen molar-refractivity contribution in [3.63, 3.8) is 0 Å². The van der Waals surface area contributed by atoms with Crippen LogP contribution in [0.4, 0.5) is 0 Å². The Morgan fingerprint density at radius 3 is 2.33 bits per heavy atom. The highest BCUT2D eigenvalue weighted by Crippen LogP contribution is 2.54. The number of amides is 1. The summed E-state index contributed by atoms with van der Waals surface area (Å²) in [6.07, 6.45) is 3.09. The zero-order chi connectivity index (χ0) is 21.2. The third-order valence-corrected chi connectivity index (χ3v) is 8.23. The van der Waals surface area contributed by atoms with Crippen molar-refractivity contribution < 1.29 is 18.3 Å². The molecule has 4 rings (SSSR count). The number of aliphatic hydroxyl groups excluding tert-OH is 1. The van der Waals surface area contributed by atoms with Crippen molar-refractivity contribution >= 4 is 15.9 Å². The van der Waals surface area contributed by atoms with Crippen molar-refractivity contribution in [3.8, 4) is 0 Å². The minimum absolute atomic E-state index is 0.211. The van der Waals surface area contributed by atoms with Gasteiger partial charge in [0.1, 0.15) is 6.04 Å². The van der Waals surface area contributed by atoms with Crippen molar-refractivity contribution in [1.29, 1.82) is 0 Å². The van der Waals surface area contributed by atoms with Crippen LogP contribution in [0, 0.1) is 5.41 Å². The van der Waals surface area contributed by atoms with E-state index in [2.05, 4.69) is 5.32 Å². The number of piperidine rings is 1. The average Bonchev–Trinajstić information content (AvgIpc) is 3.59. The molecule has 30 heavy (non-hydrogen) atoms. The molecule has 0 bridgehead atoms. The highest BCUT2D eigenvalue weighted by molar-refractivity contribution is 7.89. The van der Waals surface area contributed by atoms with E-state index in [1.807, 2.05) is 30.3 Å². The predicted molar refractivity (Wildman–Crippen MR) is 114 cm³/mol. The number of hydrogen-bond acceptors (Lipinski definition) is 4. The first-order chi connectivity index (χ1) is 14.4. The zero-order valence-electron chi connectivity index (χ0n) is 16.9. The van der Waals surface area contributed by atoms with Gasteiger partial charge in [0.15, 0.2) is 0 Å². The van der Waals surface area contributed by atoms with E-state index in [0.717, 1.165) is 31.2 Å². The Kier molecular flexibility index (Phi) is 5.95. The highest BCUT2D eigenvalue weighted by atomic mass is 32.2. The molecule has 7 heteroatoms. The maximum Gasteiger partial charge on any atom is 0.243 e. The average molecular weight is 429 g/mol. The van der Waals surface area contributed by atoms with Gasteiger partial charge in [-0.25, -0.2) is 8.42 Å². The number of sulfonamides is 1. The minimum Gasteiger partial charge on any atom is -0.388 e. The fourth-order valence-corrected chi connectivity index (χ4v) is 5.94.